The zero-order valence-corrected chi connectivity index (χ0v) is 13.6. The SMILES string of the molecule is COc1cc(C(Cl)c2ccc(OC(C)C)cc2)ccc1C. The molecule has 0 fully saturated rings. The van der Waals surface area contributed by atoms with Crippen molar-refractivity contribution >= 4 is 11.6 Å². The van der Waals surface area contributed by atoms with Crippen LogP contribution in [0.15, 0.2) is 42.5 Å². The van der Waals surface area contributed by atoms with E-state index in [1.807, 2.05) is 63.2 Å². The van der Waals surface area contributed by atoms with Gasteiger partial charge in [0.05, 0.1) is 18.6 Å². The Bertz CT molecular complexity index is 591. The Morgan fingerprint density at radius 1 is 0.952 bits per heavy atom. The van der Waals surface area contributed by atoms with E-state index in [1.165, 1.54) is 0 Å². The molecule has 0 saturated carbocycles. The number of rotatable bonds is 5. The van der Waals surface area contributed by atoms with E-state index in [2.05, 4.69) is 0 Å². The third-order valence-electron chi connectivity index (χ3n) is 3.27. The average molecular weight is 305 g/mol. The van der Waals surface area contributed by atoms with Gasteiger partial charge in [0.15, 0.2) is 0 Å². The maximum Gasteiger partial charge on any atom is 0.122 e. The predicted molar refractivity (Wildman–Crippen MR) is 87.6 cm³/mol. The lowest BCUT2D eigenvalue weighted by molar-refractivity contribution is 0.242. The molecular weight excluding hydrogens is 284 g/mol. The van der Waals surface area contributed by atoms with Crippen molar-refractivity contribution in [3.05, 3.63) is 59.2 Å². The van der Waals surface area contributed by atoms with Gasteiger partial charge in [0.1, 0.15) is 11.5 Å². The minimum absolute atomic E-state index is 0.170. The van der Waals surface area contributed by atoms with Gasteiger partial charge in [-0.3, -0.25) is 0 Å². The van der Waals surface area contributed by atoms with Crippen LogP contribution in [0.25, 0.3) is 0 Å². The van der Waals surface area contributed by atoms with Crippen molar-refractivity contribution in [2.75, 3.05) is 7.11 Å². The van der Waals surface area contributed by atoms with Crippen LogP contribution in [0.1, 0.15) is 35.9 Å². The number of aryl methyl sites for hydroxylation is 1. The maximum atomic E-state index is 6.57. The summed E-state index contributed by atoms with van der Waals surface area (Å²) >= 11 is 6.57. The summed E-state index contributed by atoms with van der Waals surface area (Å²) in [4.78, 5) is 0. The summed E-state index contributed by atoms with van der Waals surface area (Å²) in [7, 11) is 1.67. The topological polar surface area (TPSA) is 18.5 Å². The summed E-state index contributed by atoms with van der Waals surface area (Å²) in [6.07, 6.45) is 0.170. The predicted octanol–water partition coefficient (Wildman–Crippen LogP) is 5.12. The molecule has 2 nitrogen and oxygen atoms in total. The third-order valence-corrected chi connectivity index (χ3v) is 3.77. The van der Waals surface area contributed by atoms with E-state index < -0.39 is 0 Å². The summed E-state index contributed by atoms with van der Waals surface area (Å²) in [6.45, 7) is 6.04. The van der Waals surface area contributed by atoms with Crippen molar-refractivity contribution in [3.63, 3.8) is 0 Å². The Balaban J connectivity index is 2.21. The summed E-state index contributed by atoms with van der Waals surface area (Å²) in [5.74, 6) is 1.72. The van der Waals surface area contributed by atoms with Crippen LogP contribution < -0.4 is 9.47 Å². The zero-order chi connectivity index (χ0) is 15.4. The fourth-order valence-corrected chi connectivity index (χ4v) is 2.46. The van der Waals surface area contributed by atoms with Gasteiger partial charge in [0.25, 0.3) is 0 Å². The lowest BCUT2D eigenvalue weighted by Gasteiger charge is -2.14. The van der Waals surface area contributed by atoms with Crippen molar-refractivity contribution in [2.24, 2.45) is 0 Å². The molecule has 1 unspecified atom stereocenters. The molecule has 112 valence electrons. The van der Waals surface area contributed by atoms with Gasteiger partial charge in [0, 0.05) is 0 Å². The number of hydrogen-bond donors (Lipinski definition) is 0. The Morgan fingerprint density at radius 3 is 2.14 bits per heavy atom. The first-order valence-corrected chi connectivity index (χ1v) is 7.50. The average Bonchev–Trinajstić information content (AvgIpc) is 2.47. The van der Waals surface area contributed by atoms with Gasteiger partial charge in [-0.15, -0.1) is 11.6 Å². The molecule has 0 aliphatic carbocycles. The van der Waals surface area contributed by atoms with Crippen LogP contribution >= 0.6 is 11.6 Å². The van der Waals surface area contributed by atoms with E-state index in [0.29, 0.717) is 0 Å². The van der Waals surface area contributed by atoms with Crippen molar-refractivity contribution in [1.29, 1.82) is 0 Å². The van der Waals surface area contributed by atoms with Crippen LogP contribution in [0.2, 0.25) is 0 Å². The van der Waals surface area contributed by atoms with Crippen molar-refractivity contribution in [2.45, 2.75) is 32.3 Å². The van der Waals surface area contributed by atoms with Gasteiger partial charge in [-0.05, 0) is 55.7 Å². The van der Waals surface area contributed by atoms with Crippen molar-refractivity contribution in [3.8, 4) is 11.5 Å². The standard InChI is InChI=1S/C18H21ClO2/c1-12(2)21-16-9-7-14(8-10-16)18(19)15-6-5-13(3)17(11-15)20-4/h5-12,18H,1-4H3. The maximum absolute atomic E-state index is 6.57. The quantitative estimate of drug-likeness (QED) is 0.714. The highest BCUT2D eigenvalue weighted by Crippen LogP contribution is 2.33. The lowest BCUT2D eigenvalue weighted by Crippen LogP contribution is -2.05. The smallest absolute Gasteiger partial charge is 0.122 e. The van der Waals surface area contributed by atoms with Crippen LogP contribution in [0.3, 0.4) is 0 Å². The van der Waals surface area contributed by atoms with E-state index in [9.17, 15) is 0 Å². The van der Waals surface area contributed by atoms with Crippen molar-refractivity contribution in [1.82, 2.24) is 0 Å². The van der Waals surface area contributed by atoms with Gasteiger partial charge in [-0.1, -0.05) is 24.3 Å². The Morgan fingerprint density at radius 2 is 1.57 bits per heavy atom. The fourth-order valence-electron chi connectivity index (χ4n) is 2.17. The number of ether oxygens (including phenoxy) is 2. The van der Waals surface area contributed by atoms with Crippen LogP contribution in [0.4, 0.5) is 0 Å². The molecule has 0 bridgehead atoms. The molecule has 0 aromatic heterocycles. The lowest BCUT2D eigenvalue weighted by atomic mass is 10.0. The first kappa shape index (κ1) is 15.7. The van der Waals surface area contributed by atoms with E-state index in [4.69, 9.17) is 21.1 Å². The van der Waals surface area contributed by atoms with Gasteiger partial charge in [-0.2, -0.15) is 0 Å². The molecule has 2 rings (SSSR count). The number of halogens is 1. The second-order valence-corrected chi connectivity index (χ2v) is 5.76. The third kappa shape index (κ3) is 3.92. The normalized spacial score (nSPS) is 12.3. The number of alkyl halides is 1. The Hall–Kier alpha value is -1.67. The van der Waals surface area contributed by atoms with E-state index in [0.717, 1.165) is 28.2 Å². The minimum Gasteiger partial charge on any atom is -0.496 e. The van der Waals surface area contributed by atoms with Gasteiger partial charge < -0.3 is 9.47 Å². The molecule has 0 N–H and O–H groups in total. The summed E-state index contributed by atoms with van der Waals surface area (Å²) in [5.41, 5.74) is 3.17. The molecule has 0 spiro atoms. The summed E-state index contributed by atoms with van der Waals surface area (Å²) in [5, 5.41) is -0.201. The molecule has 2 aromatic carbocycles. The molecule has 0 amide bonds. The van der Waals surface area contributed by atoms with Crippen molar-refractivity contribution < 1.29 is 9.47 Å². The molecular formula is C18H21ClO2. The van der Waals surface area contributed by atoms with Gasteiger partial charge in [0.2, 0.25) is 0 Å². The minimum atomic E-state index is -0.201. The molecule has 0 heterocycles. The summed E-state index contributed by atoms with van der Waals surface area (Å²) < 4.78 is 11.0. The van der Waals surface area contributed by atoms with Crippen LogP contribution in [-0.2, 0) is 0 Å². The van der Waals surface area contributed by atoms with Crippen LogP contribution in [0.5, 0.6) is 11.5 Å². The van der Waals surface area contributed by atoms with Crippen LogP contribution in [0, 0.1) is 6.92 Å². The largest absolute Gasteiger partial charge is 0.496 e. The fraction of sp³-hybridized carbons (Fsp3) is 0.333. The Labute approximate surface area is 131 Å². The zero-order valence-electron chi connectivity index (χ0n) is 12.9. The first-order valence-electron chi connectivity index (χ1n) is 7.06. The molecule has 1 atom stereocenters. The molecule has 0 radical (unpaired) electrons. The molecule has 0 saturated heterocycles. The highest BCUT2D eigenvalue weighted by atomic mass is 35.5. The number of benzene rings is 2. The molecule has 0 aliphatic rings. The highest BCUT2D eigenvalue weighted by molar-refractivity contribution is 6.22. The van der Waals surface area contributed by atoms with E-state index in [-0.39, 0.29) is 11.5 Å². The first-order chi connectivity index (χ1) is 10.0. The monoisotopic (exact) mass is 304 g/mol. The summed E-state index contributed by atoms with van der Waals surface area (Å²) in [6, 6.07) is 14.0. The van der Waals surface area contributed by atoms with E-state index >= 15 is 0 Å². The molecule has 3 heteroatoms. The Kier molecular flexibility index (Phi) is 5.13. The number of hydrogen-bond acceptors (Lipinski definition) is 2. The van der Waals surface area contributed by atoms with Gasteiger partial charge >= 0.3 is 0 Å². The molecule has 21 heavy (non-hydrogen) atoms. The second-order valence-electron chi connectivity index (χ2n) is 5.33. The van der Waals surface area contributed by atoms with E-state index in [1.54, 1.807) is 7.11 Å². The number of methoxy groups -OCH3 is 1. The molecule has 0 aliphatic heterocycles. The highest BCUT2D eigenvalue weighted by Gasteiger charge is 2.13. The van der Waals surface area contributed by atoms with Crippen LogP contribution in [-0.4, -0.2) is 13.2 Å². The second kappa shape index (κ2) is 6.86. The molecule has 2 aromatic rings. The van der Waals surface area contributed by atoms with Gasteiger partial charge in [-0.25, -0.2) is 0 Å².